The number of amides is 1. The van der Waals surface area contributed by atoms with E-state index < -0.39 is 31.0 Å². The number of hydrogen-bond acceptors (Lipinski definition) is 5. The number of pyridine rings is 1. The Balaban J connectivity index is 1.77. The molecule has 1 aromatic rings. The predicted octanol–water partition coefficient (Wildman–Crippen LogP) is 2.02. The fourth-order valence-corrected chi connectivity index (χ4v) is 3.54. The average Bonchev–Trinajstić information content (AvgIpc) is 2.67. The molecule has 0 N–H and O–H groups in total. The van der Waals surface area contributed by atoms with E-state index in [-0.39, 0.29) is 12.6 Å². The second-order valence-electron chi connectivity index (χ2n) is 6.76. The fraction of sp³-hybridized carbons (Fsp3) is 0.667. The van der Waals surface area contributed by atoms with Crippen LogP contribution in [0.3, 0.4) is 0 Å². The van der Waals surface area contributed by atoms with E-state index in [1.807, 2.05) is 6.07 Å². The molecular weight excluding hydrogens is 363 g/mol. The van der Waals surface area contributed by atoms with Crippen molar-refractivity contribution in [3.63, 3.8) is 0 Å². The Hall–Kier alpha value is -1.71. The van der Waals surface area contributed by atoms with Gasteiger partial charge >= 0.3 is 6.18 Å². The van der Waals surface area contributed by atoms with Crippen molar-refractivity contribution < 1.29 is 27.4 Å². The molecule has 2 aliphatic rings. The lowest BCUT2D eigenvalue weighted by Gasteiger charge is -2.43. The number of halogens is 3. The van der Waals surface area contributed by atoms with Crippen LogP contribution in [0.2, 0.25) is 0 Å². The lowest BCUT2D eigenvalue weighted by Crippen LogP contribution is -2.53. The van der Waals surface area contributed by atoms with E-state index in [1.165, 1.54) is 4.90 Å². The van der Waals surface area contributed by atoms with E-state index in [0.29, 0.717) is 26.4 Å². The van der Waals surface area contributed by atoms with Gasteiger partial charge in [-0.05, 0) is 11.6 Å². The first-order chi connectivity index (χ1) is 12.9. The maximum atomic E-state index is 12.6. The van der Waals surface area contributed by atoms with E-state index in [2.05, 4.69) is 9.88 Å². The largest absolute Gasteiger partial charge is 0.389 e. The first kappa shape index (κ1) is 20.0. The zero-order valence-electron chi connectivity index (χ0n) is 15.0. The van der Waals surface area contributed by atoms with Crippen molar-refractivity contribution in [3.8, 4) is 0 Å². The molecule has 0 saturated carbocycles. The molecule has 3 heterocycles. The third-order valence-electron chi connectivity index (χ3n) is 4.86. The molecule has 0 bridgehead atoms. The molecule has 27 heavy (non-hydrogen) atoms. The fourth-order valence-electron chi connectivity index (χ4n) is 3.54. The van der Waals surface area contributed by atoms with Crippen LogP contribution in [0, 0.1) is 0 Å². The highest BCUT2D eigenvalue weighted by atomic mass is 19.4. The molecular formula is C18H24F3N3O3. The van der Waals surface area contributed by atoms with Gasteiger partial charge in [0.2, 0.25) is 5.91 Å². The molecule has 3 rings (SSSR count). The number of hydrogen-bond donors (Lipinski definition) is 0. The van der Waals surface area contributed by atoms with E-state index in [9.17, 15) is 18.0 Å². The van der Waals surface area contributed by atoms with Crippen LogP contribution in [0.1, 0.15) is 24.4 Å². The summed E-state index contributed by atoms with van der Waals surface area (Å²) in [5.74, 6) is -0.503. The first-order valence-electron chi connectivity index (χ1n) is 9.12. The third kappa shape index (κ3) is 5.63. The number of carbonyl (C=O) groups is 1. The number of nitrogens with zero attached hydrogens (tertiary/aromatic N) is 3. The van der Waals surface area contributed by atoms with Gasteiger partial charge in [-0.3, -0.25) is 14.7 Å². The number of aromatic nitrogens is 1. The van der Waals surface area contributed by atoms with Crippen LogP contribution in [-0.4, -0.2) is 79.0 Å². The van der Waals surface area contributed by atoms with Crippen LogP contribution in [0.4, 0.5) is 13.2 Å². The summed E-state index contributed by atoms with van der Waals surface area (Å²) in [6.45, 7) is 3.98. The molecule has 0 aliphatic carbocycles. The van der Waals surface area contributed by atoms with Crippen molar-refractivity contribution in [2.45, 2.75) is 31.2 Å². The highest BCUT2D eigenvalue weighted by Gasteiger charge is 2.38. The van der Waals surface area contributed by atoms with Crippen LogP contribution in [0.25, 0.3) is 0 Å². The topological polar surface area (TPSA) is 54.9 Å². The highest BCUT2D eigenvalue weighted by Crippen LogP contribution is 2.32. The lowest BCUT2D eigenvalue weighted by atomic mass is 9.98. The standard InChI is InChI=1S/C18H24F3N3O3/c19-18(20,21)4-3-16(25)24-8-11-27-15(13-23-6-9-26-10-7-23)17(24)14-2-1-5-22-12-14/h1-2,5,12,15,17H,3-4,6-11,13H2/t15-,17-/m0/s1. The molecule has 2 aliphatic heterocycles. The normalized spacial score (nSPS) is 24.8. The average molecular weight is 387 g/mol. The zero-order valence-corrected chi connectivity index (χ0v) is 15.0. The Labute approximate surface area is 156 Å². The van der Waals surface area contributed by atoms with Crippen LogP contribution in [-0.2, 0) is 14.3 Å². The van der Waals surface area contributed by atoms with Gasteiger partial charge in [-0.1, -0.05) is 6.07 Å². The minimum absolute atomic E-state index is 0.274. The summed E-state index contributed by atoms with van der Waals surface area (Å²) in [6.07, 6.45) is -3.06. The maximum absolute atomic E-state index is 12.6. The van der Waals surface area contributed by atoms with Crippen LogP contribution < -0.4 is 0 Å². The van der Waals surface area contributed by atoms with Gasteiger partial charge in [-0.2, -0.15) is 13.2 Å². The monoisotopic (exact) mass is 387 g/mol. The lowest BCUT2D eigenvalue weighted by molar-refractivity contribution is -0.159. The molecule has 9 heteroatoms. The zero-order chi connectivity index (χ0) is 19.3. The second kappa shape index (κ2) is 8.99. The van der Waals surface area contributed by atoms with E-state index in [0.717, 1.165) is 18.7 Å². The Bertz CT molecular complexity index is 609. The number of alkyl halides is 3. The third-order valence-corrected chi connectivity index (χ3v) is 4.86. The molecule has 1 amide bonds. The van der Waals surface area contributed by atoms with Crippen molar-refractivity contribution in [2.75, 3.05) is 46.0 Å². The van der Waals surface area contributed by atoms with Gasteiger partial charge in [-0.15, -0.1) is 0 Å². The molecule has 6 nitrogen and oxygen atoms in total. The number of carbonyl (C=O) groups excluding carboxylic acids is 1. The van der Waals surface area contributed by atoms with Gasteiger partial charge in [0.05, 0.1) is 38.4 Å². The summed E-state index contributed by atoms with van der Waals surface area (Å²) in [5.41, 5.74) is 0.774. The Morgan fingerprint density at radius 1 is 1.22 bits per heavy atom. The van der Waals surface area contributed by atoms with Crippen molar-refractivity contribution in [3.05, 3.63) is 30.1 Å². The van der Waals surface area contributed by atoms with Crippen molar-refractivity contribution in [1.29, 1.82) is 0 Å². The van der Waals surface area contributed by atoms with Crippen LogP contribution in [0.15, 0.2) is 24.5 Å². The van der Waals surface area contributed by atoms with Gasteiger partial charge in [0.1, 0.15) is 0 Å². The second-order valence-corrected chi connectivity index (χ2v) is 6.76. The number of rotatable bonds is 5. The van der Waals surface area contributed by atoms with Gasteiger partial charge in [0.25, 0.3) is 0 Å². The molecule has 2 atom stereocenters. The van der Waals surface area contributed by atoms with Crippen molar-refractivity contribution in [2.24, 2.45) is 0 Å². The van der Waals surface area contributed by atoms with Crippen LogP contribution >= 0.6 is 0 Å². The van der Waals surface area contributed by atoms with E-state index in [4.69, 9.17) is 9.47 Å². The number of morpholine rings is 2. The van der Waals surface area contributed by atoms with Crippen molar-refractivity contribution in [1.82, 2.24) is 14.8 Å². The maximum Gasteiger partial charge on any atom is 0.389 e. The number of ether oxygens (including phenoxy) is 2. The van der Waals surface area contributed by atoms with Crippen molar-refractivity contribution >= 4 is 5.91 Å². The van der Waals surface area contributed by atoms with E-state index in [1.54, 1.807) is 18.5 Å². The minimum Gasteiger partial charge on any atom is -0.379 e. The summed E-state index contributed by atoms with van der Waals surface area (Å²) in [6, 6.07) is 3.15. The smallest absolute Gasteiger partial charge is 0.379 e. The molecule has 1 aromatic heterocycles. The minimum atomic E-state index is -4.35. The predicted molar refractivity (Wildman–Crippen MR) is 91.0 cm³/mol. The summed E-state index contributed by atoms with van der Waals surface area (Å²) < 4.78 is 49.0. The van der Waals surface area contributed by atoms with Gasteiger partial charge in [-0.25, -0.2) is 0 Å². The molecule has 0 unspecified atom stereocenters. The molecule has 0 spiro atoms. The SMILES string of the molecule is O=C(CCC(F)(F)F)N1CCO[C@@H](CN2CCOCC2)[C@@H]1c1cccnc1. The Morgan fingerprint density at radius 3 is 2.67 bits per heavy atom. The molecule has 0 aromatic carbocycles. The molecule has 150 valence electrons. The quantitative estimate of drug-likeness (QED) is 0.774. The highest BCUT2D eigenvalue weighted by molar-refractivity contribution is 5.77. The Morgan fingerprint density at radius 2 is 2.00 bits per heavy atom. The summed E-state index contributed by atoms with van der Waals surface area (Å²) >= 11 is 0. The summed E-state index contributed by atoms with van der Waals surface area (Å²) in [4.78, 5) is 20.4. The molecule has 2 fully saturated rings. The summed E-state index contributed by atoms with van der Waals surface area (Å²) in [5, 5.41) is 0. The molecule has 2 saturated heterocycles. The van der Waals surface area contributed by atoms with Crippen LogP contribution in [0.5, 0.6) is 0 Å². The molecule has 0 radical (unpaired) electrons. The van der Waals surface area contributed by atoms with Gasteiger partial charge in [0, 0.05) is 45.0 Å². The first-order valence-corrected chi connectivity index (χ1v) is 9.12. The van der Waals surface area contributed by atoms with Gasteiger partial charge in [0.15, 0.2) is 0 Å². The van der Waals surface area contributed by atoms with Gasteiger partial charge < -0.3 is 14.4 Å². The Kier molecular flexibility index (Phi) is 6.67. The van der Waals surface area contributed by atoms with E-state index >= 15 is 0 Å². The summed E-state index contributed by atoms with van der Waals surface area (Å²) in [7, 11) is 0.